The fraction of sp³-hybridized carbons (Fsp3) is 0.0714. The quantitative estimate of drug-likeness (QED) is 0.713. The summed E-state index contributed by atoms with van der Waals surface area (Å²) in [5.41, 5.74) is 6.82. The number of halogens is 1. The number of benzene rings is 1. The first-order chi connectivity index (χ1) is 10.2. The number of hydrogen-bond acceptors (Lipinski definition) is 5. The average molecular weight is 343 g/mol. The molecule has 3 N–H and O–H groups in total. The second kappa shape index (κ2) is 5.42. The van der Waals surface area contributed by atoms with E-state index < -0.39 is 0 Å². The Bertz CT molecular complexity index is 848. The van der Waals surface area contributed by atoms with Crippen LogP contribution in [0, 0.1) is 12.3 Å². The van der Waals surface area contributed by atoms with Gasteiger partial charge in [0.15, 0.2) is 0 Å². The topological polar surface area (TPSA) is 81.7 Å². The summed E-state index contributed by atoms with van der Waals surface area (Å²) in [6, 6.07) is 7.79. The van der Waals surface area contributed by atoms with Crippen LogP contribution >= 0.6 is 15.9 Å². The van der Waals surface area contributed by atoms with Crippen LogP contribution in [0.4, 0.5) is 11.6 Å². The van der Waals surface area contributed by atoms with E-state index in [-0.39, 0.29) is 0 Å². The molecule has 7 heteroatoms. The number of para-hydroxylation sites is 1. The van der Waals surface area contributed by atoms with E-state index in [0.29, 0.717) is 28.6 Å². The first-order valence-corrected chi connectivity index (χ1v) is 6.93. The zero-order chi connectivity index (χ0) is 14.8. The molecule has 0 saturated carbocycles. The molecule has 0 aliphatic heterocycles. The molecule has 0 bridgehead atoms. The largest absolute Gasteiger partial charge is 0.383 e. The van der Waals surface area contributed by atoms with Crippen LogP contribution in [0.15, 0.2) is 34.9 Å². The molecule has 104 valence electrons. The standard InChI is InChI=1S/C14H11BrN6/c1-2-7-17-13-11(15)12(16)19-14(20-13)21-10-6-4-3-5-9(10)8-18-21/h1,3-6,8H,7H2,(H3,16,17,19,20). The minimum Gasteiger partial charge on any atom is -0.383 e. The molecule has 0 saturated heterocycles. The summed E-state index contributed by atoms with van der Waals surface area (Å²) in [7, 11) is 0. The fourth-order valence-corrected chi connectivity index (χ4v) is 2.25. The maximum Gasteiger partial charge on any atom is 0.255 e. The summed E-state index contributed by atoms with van der Waals surface area (Å²) in [5, 5.41) is 8.31. The Morgan fingerprint density at radius 3 is 2.95 bits per heavy atom. The van der Waals surface area contributed by atoms with Crippen molar-refractivity contribution >= 4 is 38.5 Å². The highest BCUT2D eigenvalue weighted by Gasteiger charge is 2.13. The molecule has 0 radical (unpaired) electrons. The monoisotopic (exact) mass is 342 g/mol. The van der Waals surface area contributed by atoms with E-state index in [1.165, 1.54) is 0 Å². The molecule has 0 spiro atoms. The Morgan fingerprint density at radius 1 is 1.33 bits per heavy atom. The van der Waals surface area contributed by atoms with E-state index >= 15 is 0 Å². The number of rotatable bonds is 3. The molecule has 3 aromatic rings. The number of terminal acetylenes is 1. The second-order valence-electron chi connectivity index (χ2n) is 4.24. The molecule has 1 aromatic carbocycles. The lowest BCUT2D eigenvalue weighted by atomic mass is 10.3. The zero-order valence-electron chi connectivity index (χ0n) is 10.9. The van der Waals surface area contributed by atoms with Crippen molar-refractivity contribution in [3.8, 4) is 18.3 Å². The van der Waals surface area contributed by atoms with Gasteiger partial charge in [-0.25, -0.2) is 0 Å². The van der Waals surface area contributed by atoms with Crippen LogP contribution in [-0.4, -0.2) is 26.3 Å². The highest BCUT2D eigenvalue weighted by molar-refractivity contribution is 9.10. The zero-order valence-corrected chi connectivity index (χ0v) is 12.5. The predicted octanol–water partition coefficient (Wildman–Crippen LogP) is 2.21. The molecule has 0 atom stereocenters. The van der Waals surface area contributed by atoms with E-state index in [1.807, 2.05) is 24.3 Å². The Kier molecular flexibility index (Phi) is 3.46. The fourth-order valence-electron chi connectivity index (χ4n) is 1.93. The lowest BCUT2D eigenvalue weighted by Crippen LogP contribution is -2.10. The summed E-state index contributed by atoms with van der Waals surface area (Å²) in [6.07, 6.45) is 7.01. The number of fused-ring (bicyclic) bond motifs is 1. The van der Waals surface area contributed by atoms with Crippen LogP contribution in [0.3, 0.4) is 0 Å². The van der Waals surface area contributed by atoms with E-state index in [9.17, 15) is 0 Å². The van der Waals surface area contributed by atoms with Crippen LogP contribution in [0.5, 0.6) is 0 Å². The van der Waals surface area contributed by atoms with Gasteiger partial charge in [-0.3, -0.25) is 0 Å². The summed E-state index contributed by atoms with van der Waals surface area (Å²) >= 11 is 3.35. The molecule has 6 nitrogen and oxygen atoms in total. The normalized spacial score (nSPS) is 10.5. The predicted molar refractivity (Wildman–Crippen MR) is 86.1 cm³/mol. The summed E-state index contributed by atoms with van der Waals surface area (Å²) in [4.78, 5) is 8.68. The second-order valence-corrected chi connectivity index (χ2v) is 5.04. The lowest BCUT2D eigenvalue weighted by Gasteiger charge is -2.09. The van der Waals surface area contributed by atoms with Crippen molar-refractivity contribution in [2.45, 2.75) is 0 Å². The maximum absolute atomic E-state index is 5.91. The number of nitrogens with one attached hydrogen (secondary N) is 1. The van der Waals surface area contributed by atoms with E-state index in [1.54, 1.807) is 10.9 Å². The molecule has 0 amide bonds. The van der Waals surface area contributed by atoms with Crippen LogP contribution in [0.2, 0.25) is 0 Å². The van der Waals surface area contributed by atoms with Gasteiger partial charge in [0.25, 0.3) is 5.95 Å². The molecule has 2 heterocycles. The highest BCUT2D eigenvalue weighted by atomic mass is 79.9. The molecule has 0 aliphatic carbocycles. The van der Waals surface area contributed by atoms with Crippen LogP contribution in [0.25, 0.3) is 16.9 Å². The van der Waals surface area contributed by atoms with Gasteiger partial charge in [0.2, 0.25) is 0 Å². The Balaban J connectivity index is 2.14. The van der Waals surface area contributed by atoms with Gasteiger partial charge in [0.05, 0.1) is 18.3 Å². The summed E-state index contributed by atoms with van der Waals surface area (Å²) in [5.74, 6) is 3.73. The van der Waals surface area contributed by atoms with Gasteiger partial charge in [-0.05, 0) is 22.0 Å². The molecule has 2 aromatic heterocycles. The molecule has 0 fully saturated rings. The molecule has 0 unspecified atom stereocenters. The third-order valence-corrected chi connectivity index (χ3v) is 3.67. The van der Waals surface area contributed by atoms with Crippen molar-refractivity contribution in [2.75, 3.05) is 17.6 Å². The van der Waals surface area contributed by atoms with Crippen molar-refractivity contribution in [3.05, 3.63) is 34.9 Å². The van der Waals surface area contributed by atoms with Gasteiger partial charge in [0.1, 0.15) is 16.1 Å². The first-order valence-electron chi connectivity index (χ1n) is 6.14. The number of anilines is 2. The van der Waals surface area contributed by atoms with Gasteiger partial charge >= 0.3 is 0 Å². The Morgan fingerprint density at radius 2 is 2.14 bits per heavy atom. The molecule has 21 heavy (non-hydrogen) atoms. The van der Waals surface area contributed by atoms with Gasteiger partial charge in [0, 0.05) is 5.39 Å². The lowest BCUT2D eigenvalue weighted by molar-refractivity contribution is 0.834. The highest BCUT2D eigenvalue weighted by Crippen LogP contribution is 2.27. The van der Waals surface area contributed by atoms with Crippen molar-refractivity contribution in [3.63, 3.8) is 0 Å². The van der Waals surface area contributed by atoms with Gasteiger partial charge in [-0.2, -0.15) is 19.7 Å². The van der Waals surface area contributed by atoms with Crippen LogP contribution in [0.1, 0.15) is 0 Å². The Hall–Kier alpha value is -2.59. The minimum atomic E-state index is 0.319. The van der Waals surface area contributed by atoms with Crippen molar-refractivity contribution in [1.29, 1.82) is 0 Å². The number of aromatic nitrogens is 4. The third-order valence-electron chi connectivity index (χ3n) is 2.89. The van der Waals surface area contributed by atoms with E-state index in [4.69, 9.17) is 12.2 Å². The molecular formula is C14H11BrN6. The number of hydrogen-bond donors (Lipinski definition) is 2. The van der Waals surface area contributed by atoms with Gasteiger partial charge in [-0.15, -0.1) is 6.42 Å². The third kappa shape index (κ3) is 2.41. The van der Waals surface area contributed by atoms with Crippen LogP contribution in [-0.2, 0) is 0 Å². The molecule has 0 aliphatic rings. The number of nitrogens with zero attached hydrogens (tertiary/aromatic N) is 4. The minimum absolute atomic E-state index is 0.319. The van der Waals surface area contributed by atoms with E-state index in [0.717, 1.165) is 10.9 Å². The van der Waals surface area contributed by atoms with Crippen LogP contribution < -0.4 is 11.1 Å². The summed E-state index contributed by atoms with van der Waals surface area (Å²) in [6.45, 7) is 0.342. The molecular weight excluding hydrogens is 332 g/mol. The first kappa shape index (κ1) is 13.4. The van der Waals surface area contributed by atoms with Crippen molar-refractivity contribution < 1.29 is 0 Å². The molecule has 3 rings (SSSR count). The Labute approximate surface area is 129 Å². The van der Waals surface area contributed by atoms with Gasteiger partial charge in [-0.1, -0.05) is 24.1 Å². The average Bonchev–Trinajstić information content (AvgIpc) is 2.92. The van der Waals surface area contributed by atoms with Crippen molar-refractivity contribution in [1.82, 2.24) is 19.7 Å². The van der Waals surface area contributed by atoms with E-state index in [2.05, 4.69) is 42.2 Å². The summed E-state index contributed by atoms with van der Waals surface area (Å²) < 4.78 is 2.22. The SMILES string of the molecule is C#CCNc1nc(-n2ncc3ccccc32)nc(N)c1Br. The van der Waals surface area contributed by atoms with Gasteiger partial charge < -0.3 is 11.1 Å². The number of nitrogens with two attached hydrogens (primary N) is 1. The maximum atomic E-state index is 5.91. The smallest absolute Gasteiger partial charge is 0.255 e. The number of nitrogen functional groups attached to an aromatic ring is 1. The van der Waals surface area contributed by atoms with Crippen molar-refractivity contribution in [2.24, 2.45) is 0 Å².